The predicted octanol–water partition coefficient (Wildman–Crippen LogP) is -0.118. The van der Waals surface area contributed by atoms with Crippen LogP contribution in [0.25, 0.3) is 0 Å². The van der Waals surface area contributed by atoms with E-state index in [1.165, 1.54) is 26.0 Å². The first kappa shape index (κ1) is 25.8. The van der Waals surface area contributed by atoms with Gasteiger partial charge in [-0.3, -0.25) is 29.0 Å². The first-order valence-electron chi connectivity index (χ1n) is 7.77. The van der Waals surface area contributed by atoms with E-state index >= 15 is 0 Å². The largest absolute Gasteiger partial charge is 0.478 e. The van der Waals surface area contributed by atoms with Crippen LogP contribution in [-0.2, 0) is 48.2 Å². The zero-order valence-corrected chi connectivity index (χ0v) is 18.9. The van der Waals surface area contributed by atoms with Crippen LogP contribution in [0.5, 0.6) is 0 Å². The third-order valence-corrected chi connectivity index (χ3v) is 3.68. The van der Waals surface area contributed by atoms with Gasteiger partial charge in [-0.1, -0.05) is 13.2 Å². The maximum atomic E-state index is 11.3. The van der Waals surface area contributed by atoms with Crippen LogP contribution in [0.3, 0.4) is 0 Å². The third kappa shape index (κ3) is 6.43. The van der Waals surface area contributed by atoms with Gasteiger partial charge in [0.05, 0.1) is 13.1 Å². The molecule has 2 rings (SSSR count). The Bertz CT molecular complexity index is 812. The van der Waals surface area contributed by atoms with Gasteiger partial charge in [0.15, 0.2) is 0 Å². The molecule has 0 aromatic rings. The molecular formula is C18H18N2O8Zn. The van der Waals surface area contributed by atoms with Gasteiger partial charge >= 0.3 is 11.9 Å². The van der Waals surface area contributed by atoms with E-state index in [2.05, 4.69) is 13.2 Å². The molecular weight excluding hydrogens is 438 g/mol. The van der Waals surface area contributed by atoms with E-state index in [1.807, 2.05) is 0 Å². The molecule has 0 aromatic carbocycles. The SMILES string of the molecule is C=C(CN1C(=O)C=C(C)C1=O)C(=O)O.C=C(CN1C(=O)C=C(C)C1=O)C(=O)O.[Zn]. The summed E-state index contributed by atoms with van der Waals surface area (Å²) in [5.74, 6) is -4.33. The number of imide groups is 2. The van der Waals surface area contributed by atoms with Gasteiger partial charge in [0.25, 0.3) is 23.6 Å². The van der Waals surface area contributed by atoms with Gasteiger partial charge in [-0.05, 0) is 13.8 Å². The molecule has 4 amide bonds. The van der Waals surface area contributed by atoms with Crippen molar-refractivity contribution in [3.63, 3.8) is 0 Å². The van der Waals surface area contributed by atoms with Crippen molar-refractivity contribution in [1.82, 2.24) is 9.80 Å². The molecule has 2 aliphatic heterocycles. The number of carboxylic acid groups (broad SMARTS) is 2. The van der Waals surface area contributed by atoms with E-state index < -0.39 is 35.6 Å². The fourth-order valence-corrected chi connectivity index (χ4v) is 2.09. The number of nitrogens with zero attached hydrogens (tertiary/aromatic N) is 2. The molecule has 2 N–H and O–H groups in total. The third-order valence-electron chi connectivity index (χ3n) is 3.68. The number of carbonyl (C=O) groups is 6. The summed E-state index contributed by atoms with van der Waals surface area (Å²) in [4.78, 5) is 67.4. The van der Waals surface area contributed by atoms with Crippen LogP contribution in [0.2, 0.25) is 0 Å². The molecule has 29 heavy (non-hydrogen) atoms. The molecule has 0 radical (unpaired) electrons. The van der Waals surface area contributed by atoms with Gasteiger partial charge in [-0.15, -0.1) is 0 Å². The molecule has 0 aliphatic carbocycles. The number of hydrogen-bond donors (Lipinski definition) is 2. The second kappa shape index (κ2) is 10.4. The molecule has 0 spiro atoms. The topological polar surface area (TPSA) is 149 Å². The fourth-order valence-electron chi connectivity index (χ4n) is 2.09. The number of aliphatic carboxylic acids is 2. The zero-order valence-electron chi connectivity index (χ0n) is 15.9. The predicted molar refractivity (Wildman–Crippen MR) is 94.5 cm³/mol. The summed E-state index contributed by atoms with van der Waals surface area (Å²) in [5, 5.41) is 17.0. The summed E-state index contributed by atoms with van der Waals surface area (Å²) in [6, 6.07) is 0. The average molecular weight is 456 g/mol. The van der Waals surface area contributed by atoms with E-state index in [0.29, 0.717) is 11.1 Å². The molecule has 0 fully saturated rings. The Labute approximate surface area is 178 Å². The van der Waals surface area contributed by atoms with Crippen LogP contribution in [-0.4, -0.2) is 68.7 Å². The Morgan fingerprint density at radius 1 is 0.793 bits per heavy atom. The average Bonchev–Trinajstić information content (AvgIpc) is 2.98. The second-order valence-electron chi connectivity index (χ2n) is 5.93. The van der Waals surface area contributed by atoms with Gasteiger partial charge in [0, 0.05) is 53.9 Å². The van der Waals surface area contributed by atoms with Crippen molar-refractivity contribution in [2.75, 3.05) is 13.1 Å². The van der Waals surface area contributed by atoms with Crippen LogP contribution in [0.4, 0.5) is 0 Å². The number of rotatable bonds is 6. The molecule has 10 nitrogen and oxygen atoms in total. The molecule has 0 saturated carbocycles. The molecule has 0 aromatic heterocycles. The van der Waals surface area contributed by atoms with Crippen LogP contribution < -0.4 is 0 Å². The van der Waals surface area contributed by atoms with Crippen molar-refractivity contribution in [2.24, 2.45) is 0 Å². The van der Waals surface area contributed by atoms with E-state index in [-0.39, 0.29) is 43.7 Å². The van der Waals surface area contributed by atoms with Gasteiger partial charge in [0.2, 0.25) is 0 Å². The van der Waals surface area contributed by atoms with Gasteiger partial charge < -0.3 is 10.2 Å². The summed E-state index contributed by atoms with van der Waals surface area (Å²) in [5.41, 5.74) is 0.256. The second-order valence-corrected chi connectivity index (χ2v) is 5.93. The van der Waals surface area contributed by atoms with Crippen molar-refractivity contribution in [1.29, 1.82) is 0 Å². The summed E-state index contributed by atoms with van der Waals surface area (Å²) in [6.07, 6.45) is 2.36. The van der Waals surface area contributed by atoms with Crippen molar-refractivity contribution < 1.29 is 58.5 Å². The maximum absolute atomic E-state index is 11.3. The Hall–Kier alpha value is -3.20. The molecule has 2 aliphatic rings. The number of amides is 4. The van der Waals surface area contributed by atoms with E-state index in [9.17, 15) is 28.8 Å². The molecule has 0 unspecified atom stereocenters. The smallest absolute Gasteiger partial charge is 0.332 e. The van der Waals surface area contributed by atoms with Gasteiger partial charge in [-0.25, -0.2) is 9.59 Å². The normalized spacial score (nSPS) is 15.2. The number of carboxylic acids is 2. The standard InChI is InChI=1S/2C9H9NO4.Zn/c2*1-5-3-7(11)10(8(5)12)4-6(2)9(13)14;/h2*3H,2,4H2,1H3,(H,13,14);. The number of carbonyl (C=O) groups excluding carboxylic acids is 4. The Morgan fingerprint density at radius 2 is 1.07 bits per heavy atom. The quantitative estimate of drug-likeness (QED) is 0.320. The summed E-state index contributed by atoms with van der Waals surface area (Å²) in [7, 11) is 0. The van der Waals surface area contributed by atoms with Crippen molar-refractivity contribution >= 4 is 35.6 Å². The van der Waals surface area contributed by atoms with E-state index in [1.54, 1.807) is 0 Å². The summed E-state index contributed by atoms with van der Waals surface area (Å²) >= 11 is 0. The maximum Gasteiger partial charge on any atom is 0.332 e. The molecule has 11 heteroatoms. The van der Waals surface area contributed by atoms with Crippen LogP contribution in [0.1, 0.15) is 13.8 Å². The van der Waals surface area contributed by atoms with Crippen molar-refractivity contribution in [3.05, 3.63) is 47.6 Å². The van der Waals surface area contributed by atoms with Gasteiger partial charge in [0.1, 0.15) is 0 Å². The number of hydrogen-bond acceptors (Lipinski definition) is 6. The first-order valence-corrected chi connectivity index (χ1v) is 7.77. The minimum absolute atomic E-state index is 0. The molecule has 0 atom stereocenters. The van der Waals surface area contributed by atoms with Crippen molar-refractivity contribution in [3.8, 4) is 0 Å². The Kier molecular flexibility index (Phi) is 9.23. The van der Waals surface area contributed by atoms with Crippen LogP contribution in [0.15, 0.2) is 47.6 Å². The van der Waals surface area contributed by atoms with Crippen molar-refractivity contribution in [2.45, 2.75) is 13.8 Å². The van der Waals surface area contributed by atoms with E-state index in [0.717, 1.165) is 9.80 Å². The minimum atomic E-state index is -1.21. The zero-order chi connectivity index (χ0) is 21.8. The Balaban J connectivity index is 0.000000523. The van der Waals surface area contributed by atoms with Crippen LogP contribution in [0, 0.1) is 0 Å². The summed E-state index contributed by atoms with van der Waals surface area (Å²) < 4.78 is 0. The monoisotopic (exact) mass is 454 g/mol. The van der Waals surface area contributed by atoms with E-state index in [4.69, 9.17) is 10.2 Å². The minimum Gasteiger partial charge on any atom is -0.478 e. The molecule has 150 valence electrons. The molecule has 2 heterocycles. The van der Waals surface area contributed by atoms with Crippen LogP contribution >= 0.6 is 0 Å². The molecule has 0 bridgehead atoms. The van der Waals surface area contributed by atoms with Gasteiger partial charge in [-0.2, -0.15) is 0 Å². The Morgan fingerprint density at radius 3 is 1.24 bits per heavy atom. The fraction of sp³-hybridized carbons (Fsp3) is 0.222. The summed E-state index contributed by atoms with van der Waals surface area (Å²) in [6.45, 7) is 8.97. The molecule has 0 saturated heterocycles. The first-order chi connectivity index (χ1) is 12.9.